The van der Waals surface area contributed by atoms with Gasteiger partial charge in [-0.1, -0.05) is 6.07 Å². The SMILES string of the molecule is CC12CCC(=O)N1C(C(=O)Nc1cccc(OCC3CCCO3)c1)CS2. The number of anilines is 1. The van der Waals surface area contributed by atoms with Crippen LogP contribution in [0.4, 0.5) is 5.69 Å². The lowest BCUT2D eigenvalue weighted by Crippen LogP contribution is -2.48. The minimum absolute atomic E-state index is 0.0753. The number of benzene rings is 1. The predicted octanol–water partition coefficient (Wildman–Crippen LogP) is 2.64. The molecule has 1 aromatic carbocycles. The lowest BCUT2D eigenvalue weighted by atomic mass is 10.2. The number of nitrogens with zero attached hydrogens (tertiary/aromatic N) is 1. The summed E-state index contributed by atoms with van der Waals surface area (Å²) in [5.74, 6) is 1.30. The average Bonchev–Trinajstić information content (AvgIpc) is 3.32. The molecule has 3 heterocycles. The van der Waals surface area contributed by atoms with E-state index in [9.17, 15) is 9.59 Å². The zero-order valence-electron chi connectivity index (χ0n) is 14.9. The van der Waals surface area contributed by atoms with Crippen LogP contribution < -0.4 is 10.1 Å². The van der Waals surface area contributed by atoms with Crippen molar-refractivity contribution in [2.75, 3.05) is 24.3 Å². The van der Waals surface area contributed by atoms with Crippen molar-refractivity contribution in [3.63, 3.8) is 0 Å². The number of amides is 2. The van der Waals surface area contributed by atoms with Crippen LogP contribution in [0.25, 0.3) is 0 Å². The van der Waals surface area contributed by atoms with Crippen molar-refractivity contribution in [1.82, 2.24) is 4.90 Å². The minimum atomic E-state index is -0.406. The van der Waals surface area contributed by atoms with Crippen LogP contribution in [0.5, 0.6) is 5.75 Å². The molecular formula is C19H24N2O4S. The van der Waals surface area contributed by atoms with Gasteiger partial charge < -0.3 is 19.7 Å². The molecule has 140 valence electrons. The molecule has 0 bridgehead atoms. The molecule has 0 saturated carbocycles. The molecule has 1 N–H and O–H groups in total. The standard InChI is InChI=1S/C19H24N2O4S/c1-19-8-7-17(22)21(19)16(12-26-19)18(23)20-13-4-2-5-14(10-13)25-11-15-6-3-9-24-15/h2,4-5,10,15-16H,3,6-9,11-12H2,1H3,(H,20,23). The Bertz CT molecular complexity index is 707. The van der Waals surface area contributed by atoms with Crippen LogP contribution in [0.15, 0.2) is 24.3 Å². The summed E-state index contributed by atoms with van der Waals surface area (Å²) in [5.41, 5.74) is 0.685. The summed E-state index contributed by atoms with van der Waals surface area (Å²) < 4.78 is 11.4. The summed E-state index contributed by atoms with van der Waals surface area (Å²) in [6.07, 6.45) is 3.60. The Morgan fingerprint density at radius 3 is 3.19 bits per heavy atom. The van der Waals surface area contributed by atoms with Gasteiger partial charge in [0.05, 0.1) is 11.0 Å². The first kappa shape index (κ1) is 17.7. The van der Waals surface area contributed by atoms with E-state index in [0.717, 1.165) is 25.9 Å². The summed E-state index contributed by atoms with van der Waals surface area (Å²) in [7, 11) is 0. The smallest absolute Gasteiger partial charge is 0.248 e. The van der Waals surface area contributed by atoms with E-state index in [2.05, 4.69) is 12.2 Å². The molecule has 3 saturated heterocycles. The first-order chi connectivity index (χ1) is 12.5. The number of nitrogens with one attached hydrogen (secondary N) is 1. The van der Waals surface area contributed by atoms with E-state index in [1.807, 2.05) is 24.3 Å². The number of carbonyl (C=O) groups excluding carboxylic acids is 2. The van der Waals surface area contributed by atoms with Gasteiger partial charge in [0.2, 0.25) is 11.8 Å². The summed E-state index contributed by atoms with van der Waals surface area (Å²) in [6.45, 7) is 3.38. The average molecular weight is 376 g/mol. The highest BCUT2D eigenvalue weighted by Crippen LogP contribution is 2.47. The van der Waals surface area contributed by atoms with E-state index in [4.69, 9.17) is 9.47 Å². The summed E-state index contributed by atoms with van der Waals surface area (Å²) in [6, 6.07) is 6.98. The zero-order valence-corrected chi connectivity index (χ0v) is 15.7. The molecule has 3 aliphatic heterocycles. The van der Waals surface area contributed by atoms with E-state index >= 15 is 0 Å². The van der Waals surface area contributed by atoms with Gasteiger partial charge in [0, 0.05) is 30.5 Å². The lowest BCUT2D eigenvalue weighted by molar-refractivity contribution is -0.135. The Balaban J connectivity index is 1.38. The third-order valence-corrected chi connectivity index (χ3v) is 6.81. The van der Waals surface area contributed by atoms with Gasteiger partial charge >= 0.3 is 0 Å². The van der Waals surface area contributed by atoms with Crippen LogP contribution in [-0.4, -0.2) is 52.7 Å². The van der Waals surface area contributed by atoms with Crippen molar-refractivity contribution < 1.29 is 19.1 Å². The third kappa shape index (κ3) is 3.42. The second-order valence-corrected chi connectivity index (χ2v) is 8.73. The number of thioether (sulfide) groups is 1. The molecular weight excluding hydrogens is 352 g/mol. The summed E-state index contributed by atoms with van der Waals surface area (Å²) in [4.78, 5) is 26.5. The zero-order chi connectivity index (χ0) is 18.1. The topological polar surface area (TPSA) is 67.9 Å². The maximum Gasteiger partial charge on any atom is 0.248 e. The van der Waals surface area contributed by atoms with Crippen LogP contribution >= 0.6 is 11.8 Å². The molecule has 3 fully saturated rings. The van der Waals surface area contributed by atoms with Crippen LogP contribution in [-0.2, 0) is 14.3 Å². The molecule has 4 rings (SSSR count). The molecule has 0 spiro atoms. The first-order valence-corrected chi connectivity index (χ1v) is 10.2. The molecule has 7 heteroatoms. The lowest BCUT2D eigenvalue weighted by Gasteiger charge is -2.29. The maximum absolute atomic E-state index is 12.7. The van der Waals surface area contributed by atoms with Gasteiger partial charge in [-0.25, -0.2) is 0 Å². The third-order valence-electron chi connectivity index (χ3n) is 5.31. The highest BCUT2D eigenvalue weighted by atomic mass is 32.2. The second-order valence-electron chi connectivity index (χ2n) is 7.23. The van der Waals surface area contributed by atoms with Crippen LogP contribution in [0.2, 0.25) is 0 Å². The first-order valence-electron chi connectivity index (χ1n) is 9.17. The molecule has 3 atom stereocenters. The Hall–Kier alpha value is -1.73. The molecule has 0 radical (unpaired) electrons. The van der Waals surface area contributed by atoms with E-state index in [1.165, 1.54) is 0 Å². The number of hydrogen-bond acceptors (Lipinski definition) is 5. The van der Waals surface area contributed by atoms with Crippen LogP contribution in [0.1, 0.15) is 32.6 Å². The van der Waals surface area contributed by atoms with Crippen molar-refractivity contribution in [1.29, 1.82) is 0 Å². The van der Waals surface area contributed by atoms with E-state index < -0.39 is 6.04 Å². The van der Waals surface area contributed by atoms with Crippen molar-refractivity contribution >= 4 is 29.3 Å². The molecule has 0 aromatic heterocycles. The monoisotopic (exact) mass is 376 g/mol. The number of hydrogen-bond donors (Lipinski definition) is 1. The largest absolute Gasteiger partial charge is 0.491 e. The van der Waals surface area contributed by atoms with Gasteiger partial charge in [-0.15, -0.1) is 11.8 Å². The summed E-state index contributed by atoms with van der Waals surface area (Å²) >= 11 is 1.70. The van der Waals surface area contributed by atoms with Gasteiger partial charge in [0.1, 0.15) is 18.4 Å². The minimum Gasteiger partial charge on any atom is -0.491 e. The van der Waals surface area contributed by atoms with Crippen LogP contribution in [0.3, 0.4) is 0 Å². The van der Waals surface area contributed by atoms with Gasteiger partial charge in [0.25, 0.3) is 0 Å². The molecule has 3 aliphatic rings. The Kier molecular flexibility index (Phi) is 4.84. The van der Waals surface area contributed by atoms with E-state index in [0.29, 0.717) is 30.2 Å². The van der Waals surface area contributed by atoms with Crippen molar-refractivity contribution in [2.24, 2.45) is 0 Å². The molecule has 6 nitrogen and oxygen atoms in total. The fourth-order valence-corrected chi connectivity index (χ4v) is 5.30. The number of ether oxygens (including phenoxy) is 2. The Labute approximate surface area is 157 Å². The number of fused-ring (bicyclic) bond motifs is 1. The van der Waals surface area contributed by atoms with Crippen LogP contribution in [0, 0.1) is 0 Å². The number of rotatable bonds is 5. The van der Waals surface area contributed by atoms with Gasteiger partial charge in [0.15, 0.2) is 0 Å². The molecule has 26 heavy (non-hydrogen) atoms. The van der Waals surface area contributed by atoms with Crippen molar-refractivity contribution in [3.8, 4) is 5.75 Å². The van der Waals surface area contributed by atoms with Crippen molar-refractivity contribution in [3.05, 3.63) is 24.3 Å². The highest BCUT2D eigenvalue weighted by Gasteiger charge is 2.52. The Morgan fingerprint density at radius 2 is 2.38 bits per heavy atom. The van der Waals surface area contributed by atoms with Gasteiger partial charge in [-0.05, 0) is 38.3 Å². The highest BCUT2D eigenvalue weighted by molar-refractivity contribution is 8.01. The maximum atomic E-state index is 12.7. The second kappa shape index (κ2) is 7.12. The van der Waals surface area contributed by atoms with E-state index in [1.54, 1.807) is 16.7 Å². The van der Waals surface area contributed by atoms with E-state index in [-0.39, 0.29) is 22.8 Å². The molecule has 1 aromatic rings. The van der Waals surface area contributed by atoms with Gasteiger partial charge in [-0.3, -0.25) is 9.59 Å². The number of carbonyl (C=O) groups is 2. The fourth-order valence-electron chi connectivity index (χ4n) is 3.87. The normalized spacial score (nSPS) is 30.5. The molecule has 0 aliphatic carbocycles. The summed E-state index contributed by atoms with van der Waals surface area (Å²) in [5, 5.41) is 2.95. The van der Waals surface area contributed by atoms with Crippen molar-refractivity contribution in [2.45, 2.75) is 49.6 Å². The fraction of sp³-hybridized carbons (Fsp3) is 0.579. The Morgan fingerprint density at radius 1 is 1.50 bits per heavy atom. The van der Waals surface area contributed by atoms with Gasteiger partial charge in [-0.2, -0.15) is 0 Å². The molecule has 2 amide bonds. The quantitative estimate of drug-likeness (QED) is 0.856. The molecule has 3 unspecified atom stereocenters. The predicted molar refractivity (Wildman–Crippen MR) is 100 cm³/mol.